The van der Waals surface area contributed by atoms with Crippen molar-refractivity contribution >= 4 is 38.6 Å². The summed E-state index contributed by atoms with van der Waals surface area (Å²) in [6.45, 7) is 4.44. The average Bonchev–Trinajstić information content (AvgIpc) is 3.86. The molecule has 1 nitrogen and oxygen atoms in total. The highest BCUT2D eigenvalue weighted by Crippen LogP contribution is 2.64. The van der Waals surface area contributed by atoms with Gasteiger partial charge in [0, 0.05) is 17.1 Å². The Morgan fingerprint density at radius 1 is 0.318 bits per heavy atom. The number of fused-ring (bicyclic) bond motifs is 8. The standard InChI is InChI=1S/C65H45N/c1-42-22-15-19-36-57(42)66(58-37-20-16-23-43(58)2)48-38-39-51-55(40-48)65(46-28-11-5-12-29-46,47-30-13-6-14-31-47)56-41-54-61-52(62(51)56)34-21-35-53(61)63-59(44-24-7-3-8-25-44)49-32-17-18-33-50(49)60(64(54)63)45-26-9-4-10-27-45/h3-41H,1-2H3. The first-order valence-electron chi connectivity index (χ1n) is 23.1. The molecule has 0 saturated heterocycles. The summed E-state index contributed by atoms with van der Waals surface area (Å²) in [4.78, 5) is 2.47. The van der Waals surface area contributed by atoms with Crippen LogP contribution in [0.4, 0.5) is 17.1 Å². The van der Waals surface area contributed by atoms with Gasteiger partial charge >= 0.3 is 0 Å². The Hall–Kier alpha value is -8.26. The number of hydrogen-bond donors (Lipinski definition) is 0. The van der Waals surface area contributed by atoms with E-state index < -0.39 is 5.41 Å². The van der Waals surface area contributed by atoms with E-state index in [2.05, 4.69) is 255 Å². The predicted molar refractivity (Wildman–Crippen MR) is 278 cm³/mol. The summed E-state index contributed by atoms with van der Waals surface area (Å²) >= 11 is 0. The fraction of sp³-hybridized carbons (Fsp3) is 0.0462. The van der Waals surface area contributed by atoms with Crippen LogP contribution in [0, 0.1) is 13.8 Å². The van der Waals surface area contributed by atoms with Crippen molar-refractivity contribution in [1.29, 1.82) is 0 Å². The number of anilines is 3. The average molecular weight is 840 g/mol. The minimum Gasteiger partial charge on any atom is -0.310 e. The number of para-hydroxylation sites is 2. The molecule has 0 fully saturated rings. The van der Waals surface area contributed by atoms with E-state index in [0.29, 0.717) is 0 Å². The van der Waals surface area contributed by atoms with Crippen LogP contribution in [-0.2, 0) is 5.41 Å². The van der Waals surface area contributed by atoms with Gasteiger partial charge in [-0.2, -0.15) is 0 Å². The normalized spacial score (nSPS) is 12.8. The number of aryl methyl sites for hydroxylation is 2. The monoisotopic (exact) mass is 839 g/mol. The Labute approximate surface area is 386 Å². The lowest BCUT2D eigenvalue weighted by Crippen LogP contribution is -2.29. The summed E-state index contributed by atoms with van der Waals surface area (Å²) < 4.78 is 0. The van der Waals surface area contributed by atoms with Crippen LogP contribution in [0.5, 0.6) is 0 Å². The Bertz CT molecular complexity index is 3620. The van der Waals surface area contributed by atoms with Crippen molar-refractivity contribution in [3.8, 4) is 55.6 Å². The molecular formula is C65H45N. The molecule has 310 valence electrons. The van der Waals surface area contributed by atoms with Crippen LogP contribution in [-0.4, -0.2) is 0 Å². The zero-order valence-electron chi connectivity index (χ0n) is 37.0. The topological polar surface area (TPSA) is 3.24 Å². The first kappa shape index (κ1) is 38.2. The van der Waals surface area contributed by atoms with Gasteiger partial charge in [0.25, 0.3) is 0 Å². The van der Waals surface area contributed by atoms with Gasteiger partial charge in [0.05, 0.1) is 5.41 Å². The van der Waals surface area contributed by atoms with Crippen molar-refractivity contribution in [3.05, 3.63) is 270 Å². The van der Waals surface area contributed by atoms with Crippen LogP contribution < -0.4 is 4.90 Å². The summed E-state index contributed by atoms with van der Waals surface area (Å²) in [6.07, 6.45) is 0. The Kier molecular flexibility index (Phi) is 8.63. The van der Waals surface area contributed by atoms with Crippen molar-refractivity contribution in [1.82, 2.24) is 0 Å². The second kappa shape index (κ2) is 14.9. The Morgan fingerprint density at radius 3 is 1.33 bits per heavy atom. The highest BCUT2D eigenvalue weighted by Gasteiger charge is 2.48. The van der Waals surface area contributed by atoms with E-state index >= 15 is 0 Å². The first-order chi connectivity index (χ1) is 32.6. The third kappa shape index (κ3) is 5.41. The molecular weight excluding hydrogens is 795 g/mol. The van der Waals surface area contributed by atoms with Crippen LogP contribution in [0.1, 0.15) is 33.4 Å². The fourth-order valence-corrected chi connectivity index (χ4v) is 11.8. The van der Waals surface area contributed by atoms with Crippen molar-refractivity contribution in [3.63, 3.8) is 0 Å². The summed E-state index contributed by atoms with van der Waals surface area (Å²) in [7, 11) is 0. The molecule has 0 spiro atoms. The molecule has 2 aliphatic carbocycles. The molecule has 11 aromatic carbocycles. The lowest BCUT2D eigenvalue weighted by atomic mass is 9.67. The number of benzene rings is 11. The van der Waals surface area contributed by atoms with E-state index in [1.807, 2.05) is 0 Å². The maximum Gasteiger partial charge on any atom is 0.0714 e. The minimum absolute atomic E-state index is 0.651. The highest BCUT2D eigenvalue weighted by atomic mass is 15.1. The second-order valence-corrected chi connectivity index (χ2v) is 18.0. The molecule has 0 amide bonds. The van der Waals surface area contributed by atoms with Gasteiger partial charge in [0.1, 0.15) is 0 Å². The summed E-state index contributed by atoms with van der Waals surface area (Å²) in [5.74, 6) is 0. The number of rotatable bonds is 7. The summed E-state index contributed by atoms with van der Waals surface area (Å²) in [5.41, 5.74) is 23.2. The third-order valence-electron chi connectivity index (χ3n) is 14.5. The van der Waals surface area contributed by atoms with Crippen LogP contribution in [0.3, 0.4) is 0 Å². The first-order valence-corrected chi connectivity index (χ1v) is 23.1. The maximum absolute atomic E-state index is 2.61. The van der Waals surface area contributed by atoms with Crippen LogP contribution in [0.25, 0.3) is 77.2 Å². The zero-order valence-corrected chi connectivity index (χ0v) is 37.0. The van der Waals surface area contributed by atoms with Gasteiger partial charge in [-0.25, -0.2) is 0 Å². The van der Waals surface area contributed by atoms with E-state index in [1.54, 1.807) is 0 Å². The van der Waals surface area contributed by atoms with E-state index in [1.165, 1.54) is 122 Å². The molecule has 0 heterocycles. The lowest BCUT2D eigenvalue weighted by molar-refractivity contribution is 0.769. The van der Waals surface area contributed by atoms with E-state index in [-0.39, 0.29) is 0 Å². The smallest absolute Gasteiger partial charge is 0.0714 e. The molecule has 0 aromatic heterocycles. The van der Waals surface area contributed by atoms with Crippen LogP contribution in [0.2, 0.25) is 0 Å². The molecule has 0 N–H and O–H groups in total. The van der Waals surface area contributed by atoms with Crippen LogP contribution >= 0.6 is 0 Å². The Balaban J connectivity index is 1.20. The molecule has 0 radical (unpaired) electrons. The minimum atomic E-state index is -0.651. The molecule has 0 aliphatic heterocycles. The SMILES string of the molecule is Cc1ccccc1N(c1ccc2c(c1)C(c1ccccc1)(c1ccccc1)c1cc3c4c(cccc4c1-2)-c1c-3c(-c2ccccc2)c2ccccc2c1-c1ccccc1)c1ccccc1C. The third-order valence-corrected chi connectivity index (χ3v) is 14.5. The maximum atomic E-state index is 2.61. The van der Waals surface area contributed by atoms with Crippen LogP contribution in [0.15, 0.2) is 237 Å². The van der Waals surface area contributed by atoms with Crippen molar-refractivity contribution in [2.75, 3.05) is 4.90 Å². The fourth-order valence-electron chi connectivity index (χ4n) is 11.8. The molecule has 13 rings (SSSR count). The summed E-state index contributed by atoms with van der Waals surface area (Å²) in [5, 5.41) is 5.15. The Morgan fingerprint density at radius 2 is 0.788 bits per heavy atom. The molecule has 0 saturated carbocycles. The van der Waals surface area contributed by atoms with Gasteiger partial charge in [-0.1, -0.05) is 206 Å². The highest BCUT2D eigenvalue weighted by molar-refractivity contribution is 6.29. The molecule has 0 unspecified atom stereocenters. The van der Waals surface area contributed by atoms with Gasteiger partial charge in [0.2, 0.25) is 0 Å². The largest absolute Gasteiger partial charge is 0.310 e. The molecule has 0 atom stereocenters. The van der Waals surface area contributed by atoms with E-state index in [9.17, 15) is 0 Å². The molecule has 11 aromatic rings. The van der Waals surface area contributed by atoms with E-state index in [4.69, 9.17) is 0 Å². The summed E-state index contributed by atoms with van der Waals surface area (Å²) in [6, 6.07) is 88.3. The quantitative estimate of drug-likeness (QED) is 0.155. The predicted octanol–water partition coefficient (Wildman–Crippen LogP) is 17.4. The zero-order chi connectivity index (χ0) is 43.9. The molecule has 1 heteroatoms. The van der Waals surface area contributed by atoms with Gasteiger partial charge < -0.3 is 4.90 Å². The number of nitrogens with zero attached hydrogens (tertiary/aromatic N) is 1. The molecule has 0 bridgehead atoms. The van der Waals surface area contributed by atoms with Crippen molar-refractivity contribution in [2.24, 2.45) is 0 Å². The van der Waals surface area contributed by atoms with Gasteiger partial charge in [-0.15, -0.1) is 0 Å². The molecule has 66 heavy (non-hydrogen) atoms. The lowest BCUT2D eigenvalue weighted by Gasteiger charge is -2.35. The second-order valence-electron chi connectivity index (χ2n) is 18.0. The van der Waals surface area contributed by atoms with E-state index in [0.717, 1.165) is 5.69 Å². The van der Waals surface area contributed by atoms with Gasteiger partial charge in [-0.3, -0.25) is 0 Å². The molecule has 2 aliphatic rings. The van der Waals surface area contributed by atoms with Crippen molar-refractivity contribution in [2.45, 2.75) is 19.3 Å². The van der Waals surface area contributed by atoms with Crippen molar-refractivity contribution < 1.29 is 0 Å². The number of hydrogen-bond acceptors (Lipinski definition) is 1. The van der Waals surface area contributed by atoms with Gasteiger partial charge in [-0.05, 0) is 155 Å². The van der Waals surface area contributed by atoms with Gasteiger partial charge in [0.15, 0.2) is 0 Å².